The number of carbonyl (C=O) groups excluding carboxylic acids is 1. The standard InChI is InChI=1S/C13H18N2O/c14-10-13(5-1-2-6-13)12(16)8-11-4-3-7-15-9-11/h3-4,7,9H,1-2,5-6,8,10,14H2. The molecule has 1 aromatic rings. The van der Waals surface area contributed by atoms with Gasteiger partial charge >= 0.3 is 0 Å². The highest BCUT2D eigenvalue weighted by Crippen LogP contribution is 2.38. The largest absolute Gasteiger partial charge is 0.329 e. The molecule has 1 heterocycles. The molecule has 1 aromatic heterocycles. The summed E-state index contributed by atoms with van der Waals surface area (Å²) in [4.78, 5) is 16.3. The van der Waals surface area contributed by atoms with Gasteiger partial charge in [0.2, 0.25) is 0 Å². The van der Waals surface area contributed by atoms with Gasteiger partial charge in [-0.05, 0) is 24.5 Å². The Morgan fingerprint density at radius 3 is 2.75 bits per heavy atom. The van der Waals surface area contributed by atoms with Gasteiger partial charge in [0.1, 0.15) is 5.78 Å². The molecule has 0 aromatic carbocycles. The van der Waals surface area contributed by atoms with E-state index in [2.05, 4.69) is 4.98 Å². The summed E-state index contributed by atoms with van der Waals surface area (Å²) < 4.78 is 0. The minimum Gasteiger partial charge on any atom is -0.329 e. The van der Waals surface area contributed by atoms with Crippen molar-refractivity contribution in [3.8, 4) is 0 Å². The number of hydrogen-bond donors (Lipinski definition) is 1. The third-order valence-corrected chi connectivity index (χ3v) is 3.63. The summed E-state index contributed by atoms with van der Waals surface area (Å²) in [5, 5.41) is 0. The minimum absolute atomic E-state index is 0.240. The highest BCUT2D eigenvalue weighted by molar-refractivity contribution is 5.87. The lowest BCUT2D eigenvalue weighted by Crippen LogP contribution is -2.37. The Kier molecular flexibility index (Phi) is 3.34. The zero-order valence-electron chi connectivity index (χ0n) is 9.48. The lowest BCUT2D eigenvalue weighted by atomic mass is 9.79. The molecule has 0 bridgehead atoms. The number of rotatable bonds is 4. The van der Waals surface area contributed by atoms with E-state index in [4.69, 9.17) is 5.73 Å². The molecule has 1 aliphatic rings. The van der Waals surface area contributed by atoms with E-state index < -0.39 is 0 Å². The average Bonchev–Trinajstić information content (AvgIpc) is 2.80. The van der Waals surface area contributed by atoms with Crippen molar-refractivity contribution in [2.24, 2.45) is 11.1 Å². The predicted octanol–water partition coefficient (Wildman–Crippen LogP) is 1.71. The lowest BCUT2D eigenvalue weighted by Gasteiger charge is -2.25. The summed E-state index contributed by atoms with van der Waals surface area (Å²) in [7, 11) is 0. The fraction of sp³-hybridized carbons (Fsp3) is 0.538. The summed E-state index contributed by atoms with van der Waals surface area (Å²) >= 11 is 0. The molecule has 0 spiro atoms. The molecular formula is C13H18N2O. The second kappa shape index (κ2) is 4.74. The number of pyridine rings is 1. The summed E-state index contributed by atoms with van der Waals surface area (Å²) in [6, 6.07) is 3.82. The number of aromatic nitrogens is 1. The van der Waals surface area contributed by atoms with E-state index in [-0.39, 0.29) is 5.41 Å². The molecule has 0 radical (unpaired) electrons. The molecule has 3 heteroatoms. The van der Waals surface area contributed by atoms with Gasteiger partial charge < -0.3 is 5.73 Å². The fourth-order valence-corrected chi connectivity index (χ4v) is 2.52. The van der Waals surface area contributed by atoms with Crippen LogP contribution in [0.4, 0.5) is 0 Å². The Morgan fingerprint density at radius 1 is 1.44 bits per heavy atom. The molecule has 0 unspecified atom stereocenters. The molecule has 1 fully saturated rings. The molecule has 86 valence electrons. The maximum absolute atomic E-state index is 12.3. The van der Waals surface area contributed by atoms with E-state index in [0.29, 0.717) is 18.7 Å². The van der Waals surface area contributed by atoms with Crippen molar-refractivity contribution in [3.63, 3.8) is 0 Å². The first-order chi connectivity index (χ1) is 7.77. The molecular weight excluding hydrogens is 200 g/mol. The van der Waals surface area contributed by atoms with Gasteiger partial charge in [-0.3, -0.25) is 9.78 Å². The van der Waals surface area contributed by atoms with Crippen LogP contribution in [0.25, 0.3) is 0 Å². The first-order valence-electron chi connectivity index (χ1n) is 5.89. The van der Waals surface area contributed by atoms with Crippen LogP contribution in [0.5, 0.6) is 0 Å². The van der Waals surface area contributed by atoms with Crippen LogP contribution >= 0.6 is 0 Å². The smallest absolute Gasteiger partial charge is 0.144 e. The van der Waals surface area contributed by atoms with E-state index in [0.717, 1.165) is 31.2 Å². The summed E-state index contributed by atoms with van der Waals surface area (Å²) in [5.74, 6) is 0.292. The SMILES string of the molecule is NCC1(C(=O)Cc2cccnc2)CCCC1. The van der Waals surface area contributed by atoms with Gasteiger partial charge in [0.25, 0.3) is 0 Å². The first-order valence-corrected chi connectivity index (χ1v) is 5.89. The van der Waals surface area contributed by atoms with Gasteiger partial charge in [-0.25, -0.2) is 0 Å². The molecule has 0 amide bonds. The zero-order chi connectivity index (χ0) is 11.4. The van der Waals surface area contributed by atoms with E-state index in [9.17, 15) is 4.79 Å². The number of nitrogens with two attached hydrogens (primary N) is 1. The molecule has 1 saturated carbocycles. The Hall–Kier alpha value is -1.22. The molecule has 2 N–H and O–H groups in total. The van der Waals surface area contributed by atoms with Gasteiger partial charge in [0.15, 0.2) is 0 Å². The summed E-state index contributed by atoms with van der Waals surface area (Å²) in [6.45, 7) is 0.492. The molecule has 2 rings (SSSR count). The van der Waals surface area contributed by atoms with Gasteiger partial charge in [-0.1, -0.05) is 18.9 Å². The Balaban J connectivity index is 2.07. The number of Topliss-reactive ketones (excluding diaryl/α,β-unsaturated/α-hetero) is 1. The van der Waals surface area contributed by atoms with Crippen LogP contribution in [0.2, 0.25) is 0 Å². The normalized spacial score (nSPS) is 18.6. The highest BCUT2D eigenvalue weighted by Gasteiger charge is 2.38. The summed E-state index contributed by atoms with van der Waals surface area (Å²) in [5.41, 5.74) is 6.54. The quantitative estimate of drug-likeness (QED) is 0.837. The van der Waals surface area contributed by atoms with Crippen LogP contribution < -0.4 is 5.73 Å². The number of ketones is 1. The molecule has 16 heavy (non-hydrogen) atoms. The van der Waals surface area contributed by atoms with E-state index in [1.807, 2.05) is 12.1 Å². The van der Waals surface area contributed by atoms with E-state index >= 15 is 0 Å². The van der Waals surface area contributed by atoms with Crippen LogP contribution in [-0.2, 0) is 11.2 Å². The van der Waals surface area contributed by atoms with E-state index in [1.165, 1.54) is 0 Å². The third-order valence-electron chi connectivity index (χ3n) is 3.63. The van der Waals surface area contributed by atoms with E-state index in [1.54, 1.807) is 12.4 Å². The van der Waals surface area contributed by atoms with Gasteiger partial charge in [0.05, 0.1) is 0 Å². The van der Waals surface area contributed by atoms with Crippen LogP contribution in [0.1, 0.15) is 31.2 Å². The molecule has 0 atom stereocenters. The predicted molar refractivity (Wildman–Crippen MR) is 62.9 cm³/mol. The summed E-state index contributed by atoms with van der Waals surface area (Å²) in [6.07, 6.45) is 8.15. The van der Waals surface area contributed by atoms with Crippen LogP contribution in [0, 0.1) is 5.41 Å². The van der Waals surface area contributed by atoms with Crippen molar-refractivity contribution in [3.05, 3.63) is 30.1 Å². The average molecular weight is 218 g/mol. The molecule has 1 aliphatic carbocycles. The van der Waals surface area contributed by atoms with Crippen LogP contribution in [0.15, 0.2) is 24.5 Å². The minimum atomic E-state index is -0.240. The molecule has 0 saturated heterocycles. The maximum Gasteiger partial charge on any atom is 0.144 e. The van der Waals surface area contributed by atoms with Crippen LogP contribution in [-0.4, -0.2) is 17.3 Å². The topological polar surface area (TPSA) is 56.0 Å². The first kappa shape index (κ1) is 11.3. The number of nitrogens with zero attached hydrogens (tertiary/aromatic N) is 1. The molecule has 3 nitrogen and oxygen atoms in total. The van der Waals surface area contributed by atoms with Crippen molar-refractivity contribution in [2.45, 2.75) is 32.1 Å². The lowest BCUT2D eigenvalue weighted by molar-refractivity contribution is -0.127. The van der Waals surface area contributed by atoms with Crippen molar-refractivity contribution < 1.29 is 4.79 Å². The van der Waals surface area contributed by atoms with Gasteiger partial charge in [-0.2, -0.15) is 0 Å². The van der Waals surface area contributed by atoms with Crippen molar-refractivity contribution in [1.29, 1.82) is 0 Å². The third kappa shape index (κ3) is 2.14. The highest BCUT2D eigenvalue weighted by atomic mass is 16.1. The van der Waals surface area contributed by atoms with Gasteiger partial charge in [0, 0.05) is 30.8 Å². The second-order valence-electron chi connectivity index (χ2n) is 4.65. The Bertz CT molecular complexity index is 355. The fourth-order valence-electron chi connectivity index (χ4n) is 2.52. The zero-order valence-corrected chi connectivity index (χ0v) is 9.48. The second-order valence-corrected chi connectivity index (χ2v) is 4.65. The van der Waals surface area contributed by atoms with Crippen molar-refractivity contribution in [2.75, 3.05) is 6.54 Å². The monoisotopic (exact) mass is 218 g/mol. The van der Waals surface area contributed by atoms with Gasteiger partial charge in [-0.15, -0.1) is 0 Å². The Labute approximate surface area is 96.1 Å². The maximum atomic E-state index is 12.3. The van der Waals surface area contributed by atoms with Crippen LogP contribution in [0.3, 0.4) is 0 Å². The number of hydrogen-bond acceptors (Lipinski definition) is 3. The van der Waals surface area contributed by atoms with Crippen molar-refractivity contribution >= 4 is 5.78 Å². The molecule has 0 aliphatic heterocycles. The number of carbonyl (C=O) groups is 1. The van der Waals surface area contributed by atoms with Crippen molar-refractivity contribution in [1.82, 2.24) is 4.98 Å². The Morgan fingerprint density at radius 2 is 2.19 bits per heavy atom.